The number of nitro groups is 1. The normalized spacial score (nSPS) is 12.1. The first-order valence-electron chi connectivity index (χ1n) is 12.6. The summed E-state index contributed by atoms with van der Waals surface area (Å²) >= 11 is 0. The van der Waals surface area contributed by atoms with Crippen LogP contribution in [0.15, 0.2) is 81.0 Å². The highest BCUT2D eigenvalue weighted by molar-refractivity contribution is 5.86. The second-order valence-corrected chi connectivity index (χ2v) is 8.80. The molecule has 2 heterocycles. The highest BCUT2D eigenvalue weighted by Gasteiger charge is 2.27. The maximum absolute atomic E-state index is 13.5. The number of para-hydroxylation sites is 2. The molecule has 0 fully saturated rings. The van der Waals surface area contributed by atoms with Crippen molar-refractivity contribution in [2.45, 2.75) is 20.0 Å². The molecule has 41 heavy (non-hydrogen) atoms. The van der Waals surface area contributed by atoms with Gasteiger partial charge in [0.1, 0.15) is 5.58 Å². The van der Waals surface area contributed by atoms with Crippen LogP contribution in [-0.2, 0) is 9.53 Å². The summed E-state index contributed by atoms with van der Waals surface area (Å²) in [5.74, 6) is -0.492. The van der Waals surface area contributed by atoms with Crippen LogP contribution in [0.1, 0.15) is 19.4 Å². The number of nitro benzene ring substituents is 1. The topological polar surface area (TPSA) is 148 Å². The van der Waals surface area contributed by atoms with Crippen LogP contribution >= 0.6 is 0 Å². The predicted molar refractivity (Wildman–Crippen MR) is 151 cm³/mol. The van der Waals surface area contributed by atoms with Crippen molar-refractivity contribution in [2.75, 3.05) is 13.7 Å². The highest BCUT2D eigenvalue weighted by atomic mass is 16.6. The summed E-state index contributed by atoms with van der Waals surface area (Å²) in [6.45, 7) is 3.17. The third kappa shape index (κ3) is 5.35. The van der Waals surface area contributed by atoms with Crippen molar-refractivity contribution in [2.24, 2.45) is 5.10 Å². The van der Waals surface area contributed by atoms with Crippen molar-refractivity contribution in [1.29, 1.82) is 0 Å². The first kappa shape index (κ1) is 27.1. The van der Waals surface area contributed by atoms with Gasteiger partial charge in [-0.1, -0.05) is 30.3 Å². The second kappa shape index (κ2) is 11.3. The fraction of sp³-hybridized carbons (Fsp3) is 0.172. The molecule has 0 aliphatic carbocycles. The maximum atomic E-state index is 13.5. The molecule has 12 nitrogen and oxygen atoms in total. The summed E-state index contributed by atoms with van der Waals surface area (Å²) in [4.78, 5) is 41.5. The number of ether oxygens (including phenoxy) is 3. The minimum absolute atomic E-state index is 0.0155. The number of hydrogen-bond donors (Lipinski definition) is 0. The quantitative estimate of drug-likeness (QED) is 0.106. The average Bonchev–Trinajstić information content (AvgIpc) is 3.41. The van der Waals surface area contributed by atoms with Crippen LogP contribution in [0.4, 0.5) is 5.69 Å². The maximum Gasteiger partial charge on any atom is 0.347 e. The number of carbonyl (C=O) groups excluding carboxylic acids is 1. The Hall–Kier alpha value is -5.52. The molecule has 2 aromatic heterocycles. The van der Waals surface area contributed by atoms with Crippen molar-refractivity contribution in [1.82, 2.24) is 9.66 Å². The van der Waals surface area contributed by atoms with Crippen LogP contribution in [0.25, 0.3) is 33.5 Å². The van der Waals surface area contributed by atoms with Gasteiger partial charge in [0.05, 0.1) is 35.8 Å². The van der Waals surface area contributed by atoms with E-state index in [9.17, 15) is 19.7 Å². The molecule has 0 unspecified atom stereocenters. The third-order valence-corrected chi connectivity index (χ3v) is 6.11. The molecule has 208 valence electrons. The standard InChI is InChI=1S/C29H24N4O8/c1-4-39-29(35)17(2)40-26-22(33(36)37)13-18(14-24(26)38-3)16-30-32-27(25-15-19-9-5-8-12-23(19)41-25)31-21-11-7-6-10-20(21)28(32)34/h5-17H,4H2,1-3H3/t17-/m0/s1. The Morgan fingerprint density at radius 1 is 1.17 bits per heavy atom. The summed E-state index contributed by atoms with van der Waals surface area (Å²) in [6, 6.07) is 18.6. The summed E-state index contributed by atoms with van der Waals surface area (Å²) < 4.78 is 22.9. The lowest BCUT2D eigenvalue weighted by molar-refractivity contribution is -0.386. The van der Waals surface area contributed by atoms with Crippen LogP contribution < -0.4 is 15.0 Å². The lowest BCUT2D eigenvalue weighted by Crippen LogP contribution is -2.26. The molecule has 5 aromatic rings. The number of esters is 1. The number of methoxy groups -OCH3 is 1. The SMILES string of the molecule is CCOC(=O)[C@H](C)Oc1c(OC)cc(C=Nn2c(-c3cc4ccccc4o3)nc3ccccc3c2=O)cc1[N+](=O)[O-]. The zero-order valence-corrected chi connectivity index (χ0v) is 22.3. The van der Waals surface area contributed by atoms with E-state index in [1.54, 1.807) is 43.3 Å². The van der Waals surface area contributed by atoms with Gasteiger partial charge in [-0.2, -0.15) is 9.78 Å². The number of aromatic nitrogens is 2. The van der Waals surface area contributed by atoms with Crippen molar-refractivity contribution < 1.29 is 28.3 Å². The summed E-state index contributed by atoms with van der Waals surface area (Å²) in [7, 11) is 1.30. The molecule has 0 saturated heterocycles. The van der Waals surface area contributed by atoms with E-state index in [-0.39, 0.29) is 29.5 Å². The van der Waals surface area contributed by atoms with Crippen LogP contribution in [0.3, 0.4) is 0 Å². The van der Waals surface area contributed by atoms with Crippen molar-refractivity contribution >= 4 is 39.7 Å². The molecule has 3 aromatic carbocycles. The largest absolute Gasteiger partial charge is 0.493 e. The molecule has 1 atom stereocenters. The van der Waals surface area contributed by atoms with Gasteiger partial charge in [-0.05, 0) is 44.2 Å². The first-order chi connectivity index (χ1) is 19.8. The number of hydrogen-bond acceptors (Lipinski definition) is 10. The van der Waals surface area contributed by atoms with Crippen LogP contribution in [0, 0.1) is 10.1 Å². The van der Waals surface area contributed by atoms with E-state index in [4.69, 9.17) is 18.6 Å². The average molecular weight is 557 g/mol. The second-order valence-electron chi connectivity index (χ2n) is 8.80. The van der Waals surface area contributed by atoms with Crippen molar-refractivity contribution in [3.8, 4) is 23.1 Å². The zero-order chi connectivity index (χ0) is 29.1. The molecule has 0 spiro atoms. The van der Waals surface area contributed by atoms with Gasteiger partial charge in [0.15, 0.2) is 17.6 Å². The molecule has 0 aliphatic rings. The number of nitrogens with zero attached hydrogens (tertiary/aromatic N) is 4. The van der Waals surface area contributed by atoms with Gasteiger partial charge in [-0.3, -0.25) is 14.9 Å². The first-order valence-corrected chi connectivity index (χ1v) is 12.6. The Morgan fingerprint density at radius 2 is 1.93 bits per heavy atom. The molecule has 0 amide bonds. The fourth-order valence-corrected chi connectivity index (χ4v) is 4.18. The lowest BCUT2D eigenvalue weighted by atomic mass is 10.1. The number of furan rings is 1. The van der Waals surface area contributed by atoms with E-state index >= 15 is 0 Å². The number of rotatable bonds is 9. The van der Waals surface area contributed by atoms with Crippen LogP contribution in [0.5, 0.6) is 11.5 Å². The van der Waals surface area contributed by atoms with Crippen LogP contribution in [0.2, 0.25) is 0 Å². The molecule has 0 aliphatic heterocycles. The molecular formula is C29H24N4O8. The van der Waals surface area contributed by atoms with Gasteiger partial charge in [0, 0.05) is 17.0 Å². The van der Waals surface area contributed by atoms with E-state index in [2.05, 4.69) is 10.1 Å². The zero-order valence-electron chi connectivity index (χ0n) is 22.3. The Morgan fingerprint density at radius 3 is 2.66 bits per heavy atom. The Bertz CT molecular complexity index is 1840. The number of benzene rings is 3. The Balaban J connectivity index is 1.62. The van der Waals surface area contributed by atoms with Crippen LogP contribution in [-0.4, -0.2) is 46.6 Å². The molecule has 0 radical (unpaired) electrons. The number of carbonyl (C=O) groups is 1. The molecule has 0 N–H and O–H groups in total. The van der Waals surface area contributed by atoms with Gasteiger partial charge in [-0.25, -0.2) is 9.78 Å². The van der Waals surface area contributed by atoms with Gasteiger partial charge in [-0.15, -0.1) is 0 Å². The molecule has 12 heteroatoms. The van der Waals surface area contributed by atoms with Gasteiger partial charge >= 0.3 is 11.7 Å². The minimum Gasteiger partial charge on any atom is -0.493 e. The smallest absolute Gasteiger partial charge is 0.347 e. The van der Waals surface area contributed by atoms with Crippen molar-refractivity contribution in [3.63, 3.8) is 0 Å². The van der Waals surface area contributed by atoms with Gasteiger partial charge in [0.2, 0.25) is 11.6 Å². The Kier molecular flexibility index (Phi) is 7.46. The predicted octanol–water partition coefficient (Wildman–Crippen LogP) is 4.94. The molecule has 5 rings (SSSR count). The van der Waals surface area contributed by atoms with E-state index in [1.165, 1.54) is 32.4 Å². The highest BCUT2D eigenvalue weighted by Crippen LogP contribution is 2.39. The third-order valence-electron chi connectivity index (χ3n) is 6.11. The summed E-state index contributed by atoms with van der Waals surface area (Å²) in [5.41, 5.74) is 0.345. The van der Waals surface area contributed by atoms with Gasteiger partial charge in [0.25, 0.3) is 5.56 Å². The van der Waals surface area contributed by atoms with E-state index < -0.39 is 28.2 Å². The van der Waals surface area contributed by atoms with E-state index in [1.807, 2.05) is 18.2 Å². The molecule has 0 bridgehead atoms. The molecule has 0 saturated carbocycles. The van der Waals surface area contributed by atoms with Gasteiger partial charge < -0.3 is 18.6 Å². The summed E-state index contributed by atoms with van der Waals surface area (Å²) in [5, 5.41) is 17.4. The summed E-state index contributed by atoms with van der Waals surface area (Å²) in [6.07, 6.45) is 0.133. The van der Waals surface area contributed by atoms with E-state index in [0.29, 0.717) is 22.2 Å². The lowest BCUT2D eigenvalue weighted by Gasteiger charge is -2.16. The number of fused-ring (bicyclic) bond motifs is 2. The van der Waals surface area contributed by atoms with Crippen molar-refractivity contribution in [3.05, 3.63) is 92.8 Å². The Labute approximate surface area is 232 Å². The fourth-order valence-electron chi connectivity index (χ4n) is 4.18. The molecular weight excluding hydrogens is 532 g/mol. The minimum atomic E-state index is -1.13. The van der Waals surface area contributed by atoms with E-state index in [0.717, 1.165) is 10.1 Å². The monoisotopic (exact) mass is 556 g/mol.